The number of hydrogen-bond acceptors (Lipinski definition) is 9. The summed E-state index contributed by atoms with van der Waals surface area (Å²) in [5.41, 5.74) is 0. The summed E-state index contributed by atoms with van der Waals surface area (Å²) in [6.45, 7) is 6.16. The minimum atomic E-state index is -1.29. The molecule has 5 atom stereocenters. The highest BCUT2D eigenvalue weighted by Gasteiger charge is 2.51. The van der Waals surface area contributed by atoms with Gasteiger partial charge >= 0.3 is 23.9 Å². The molecule has 1 heterocycles. The molecule has 23 heavy (non-hydrogen) atoms. The third-order valence-corrected chi connectivity index (χ3v) is 2.92. The lowest BCUT2D eigenvalue weighted by molar-refractivity contribution is -0.292. The predicted octanol–water partition coefficient (Wildman–Crippen LogP) is 0.0894. The first-order chi connectivity index (χ1) is 10.6. The number of carbonyl (C=O) groups is 4. The Morgan fingerprint density at radius 2 is 1.04 bits per heavy atom. The third kappa shape index (κ3) is 5.51. The van der Waals surface area contributed by atoms with Crippen LogP contribution in [0.4, 0.5) is 0 Å². The number of esters is 4. The van der Waals surface area contributed by atoms with Crippen LogP contribution >= 0.6 is 0 Å². The van der Waals surface area contributed by atoms with Gasteiger partial charge in [0, 0.05) is 27.7 Å². The topological polar surface area (TPSA) is 114 Å². The quantitative estimate of drug-likeness (QED) is 0.521. The van der Waals surface area contributed by atoms with Gasteiger partial charge in [-0.3, -0.25) is 19.2 Å². The summed E-state index contributed by atoms with van der Waals surface area (Å²) in [5, 5.41) is 0. The minimum absolute atomic E-state index is 0.630. The van der Waals surface area contributed by atoms with Crippen molar-refractivity contribution in [2.75, 3.05) is 0 Å². The van der Waals surface area contributed by atoms with E-state index < -0.39 is 54.6 Å². The predicted molar refractivity (Wildman–Crippen MR) is 72.8 cm³/mol. The van der Waals surface area contributed by atoms with E-state index in [4.69, 9.17) is 23.7 Å². The Morgan fingerprint density at radius 1 is 0.652 bits per heavy atom. The van der Waals surface area contributed by atoms with Gasteiger partial charge in [0.2, 0.25) is 12.4 Å². The summed E-state index contributed by atoms with van der Waals surface area (Å²) in [4.78, 5) is 45.1. The first kappa shape index (κ1) is 18.9. The van der Waals surface area contributed by atoms with Gasteiger partial charge in [-0.25, -0.2) is 0 Å². The summed E-state index contributed by atoms with van der Waals surface area (Å²) in [5.74, 6) is -2.69. The zero-order valence-electron chi connectivity index (χ0n) is 13.6. The fraction of sp³-hybridized carbons (Fsp3) is 0.714. The van der Waals surface area contributed by atoms with E-state index in [9.17, 15) is 19.2 Å². The molecule has 1 fully saturated rings. The van der Waals surface area contributed by atoms with Crippen LogP contribution in [0, 0.1) is 0 Å². The van der Waals surface area contributed by atoms with Crippen LogP contribution in [0.3, 0.4) is 0 Å². The molecule has 0 bridgehead atoms. The Hall–Kier alpha value is -2.16. The number of ether oxygens (including phenoxy) is 5. The van der Waals surface area contributed by atoms with Crippen molar-refractivity contribution in [2.45, 2.75) is 65.3 Å². The third-order valence-electron chi connectivity index (χ3n) is 2.92. The van der Waals surface area contributed by atoms with Gasteiger partial charge in [-0.05, 0) is 6.92 Å². The first-order valence-electron chi connectivity index (χ1n) is 6.96. The van der Waals surface area contributed by atoms with Crippen LogP contribution in [0.25, 0.3) is 0 Å². The van der Waals surface area contributed by atoms with Crippen LogP contribution < -0.4 is 0 Å². The lowest BCUT2D eigenvalue weighted by Gasteiger charge is -2.42. The molecule has 130 valence electrons. The van der Waals surface area contributed by atoms with E-state index in [1.165, 1.54) is 6.92 Å². The van der Waals surface area contributed by atoms with E-state index in [2.05, 4.69) is 0 Å². The lowest BCUT2D eigenvalue weighted by Crippen LogP contribution is -2.61. The average Bonchev–Trinajstić information content (AvgIpc) is 2.36. The first-order valence-corrected chi connectivity index (χ1v) is 6.96. The Morgan fingerprint density at radius 3 is 1.48 bits per heavy atom. The molecule has 1 unspecified atom stereocenters. The molecule has 0 spiro atoms. The van der Waals surface area contributed by atoms with E-state index in [1.54, 1.807) is 6.92 Å². The molecule has 0 aromatic rings. The van der Waals surface area contributed by atoms with Crippen LogP contribution in [0.15, 0.2) is 0 Å². The number of carbonyl (C=O) groups excluding carboxylic acids is 4. The van der Waals surface area contributed by atoms with Crippen molar-refractivity contribution in [3.05, 3.63) is 0 Å². The molecule has 0 aromatic heterocycles. The molecule has 9 heteroatoms. The maximum atomic E-state index is 11.4. The van der Waals surface area contributed by atoms with E-state index in [-0.39, 0.29) is 0 Å². The Bertz CT molecular complexity index is 487. The molecule has 1 aliphatic rings. The van der Waals surface area contributed by atoms with Gasteiger partial charge in [0.05, 0.1) is 6.10 Å². The highest BCUT2D eigenvalue weighted by Crippen LogP contribution is 2.29. The van der Waals surface area contributed by atoms with Crippen molar-refractivity contribution in [3.8, 4) is 0 Å². The summed E-state index contributed by atoms with van der Waals surface area (Å²) in [7, 11) is 0. The average molecular weight is 332 g/mol. The molecule has 0 aromatic carbocycles. The van der Waals surface area contributed by atoms with Crippen molar-refractivity contribution in [1.29, 1.82) is 0 Å². The molecular formula is C14H20O9. The Labute approximate surface area is 133 Å². The highest BCUT2D eigenvalue weighted by molar-refractivity contribution is 5.69. The zero-order chi connectivity index (χ0) is 17.7. The summed E-state index contributed by atoms with van der Waals surface area (Å²) in [6.07, 6.45) is -5.51. The van der Waals surface area contributed by atoms with Crippen LogP contribution in [0.1, 0.15) is 34.6 Å². The monoisotopic (exact) mass is 332 g/mol. The van der Waals surface area contributed by atoms with Gasteiger partial charge in [0.15, 0.2) is 12.2 Å². The second kappa shape index (κ2) is 7.91. The summed E-state index contributed by atoms with van der Waals surface area (Å²) >= 11 is 0. The van der Waals surface area contributed by atoms with Crippen LogP contribution in [-0.4, -0.2) is 54.6 Å². The molecule has 1 saturated heterocycles. The molecule has 0 saturated carbocycles. The number of rotatable bonds is 4. The summed E-state index contributed by atoms with van der Waals surface area (Å²) < 4.78 is 25.7. The fourth-order valence-electron chi connectivity index (χ4n) is 2.23. The smallest absolute Gasteiger partial charge is 0.305 e. The molecule has 0 N–H and O–H groups in total. The molecule has 9 nitrogen and oxygen atoms in total. The Balaban J connectivity index is 3.15. The van der Waals surface area contributed by atoms with E-state index >= 15 is 0 Å². The zero-order valence-corrected chi connectivity index (χ0v) is 13.6. The van der Waals surface area contributed by atoms with E-state index in [0.717, 1.165) is 20.8 Å². The Kier molecular flexibility index (Phi) is 6.49. The van der Waals surface area contributed by atoms with Crippen molar-refractivity contribution in [3.63, 3.8) is 0 Å². The van der Waals surface area contributed by atoms with Gasteiger partial charge in [-0.15, -0.1) is 0 Å². The maximum Gasteiger partial charge on any atom is 0.305 e. The minimum Gasteiger partial charge on any atom is -0.456 e. The molecular weight excluding hydrogens is 312 g/mol. The van der Waals surface area contributed by atoms with E-state index in [0.29, 0.717) is 0 Å². The highest BCUT2D eigenvalue weighted by atomic mass is 16.7. The van der Waals surface area contributed by atoms with Crippen molar-refractivity contribution < 1.29 is 42.9 Å². The SMILES string of the molecule is CC(=O)OC1O[C@@H](C)[C@H](OC(C)=O)[C@H](OC(C)=O)[C@@H]1OC(C)=O. The fourth-order valence-corrected chi connectivity index (χ4v) is 2.23. The largest absolute Gasteiger partial charge is 0.456 e. The van der Waals surface area contributed by atoms with Gasteiger partial charge in [0.1, 0.15) is 0 Å². The van der Waals surface area contributed by atoms with E-state index in [1.807, 2.05) is 0 Å². The van der Waals surface area contributed by atoms with Crippen molar-refractivity contribution in [2.24, 2.45) is 0 Å². The van der Waals surface area contributed by atoms with Crippen LogP contribution in [0.5, 0.6) is 0 Å². The molecule has 1 rings (SSSR count). The van der Waals surface area contributed by atoms with Crippen LogP contribution in [0.2, 0.25) is 0 Å². The lowest BCUT2D eigenvalue weighted by atomic mass is 9.99. The van der Waals surface area contributed by atoms with Gasteiger partial charge < -0.3 is 23.7 Å². The standard InChI is InChI=1S/C14H20O9/c1-6-11(20-7(2)15)12(21-8(3)16)13(22-9(4)17)14(19-6)23-10(5)18/h6,11-14H,1-5H3/t6-,11-,12-,13-,14?/m0/s1. The summed E-state index contributed by atoms with van der Waals surface area (Å²) in [6, 6.07) is 0. The molecule has 0 aliphatic carbocycles. The normalized spacial score (nSPS) is 30.0. The van der Waals surface area contributed by atoms with Gasteiger partial charge in [0.25, 0.3) is 0 Å². The van der Waals surface area contributed by atoms with Gasteiger partial charge in [-0.2, -0.15) is 0 Å². The van der Waals surface area contributed by atoms with Crippen molar-refractivity contribution in [1.82, 2.24) is 0 Å². The van der Waals surface area contributed by atoms with Crippen molar-refractivity contribution >= 4 is 23.9 Å². The molecule has 0 amide bonds. The van der Waals surface area contributed by atoms with Crippen LogP contribution in [-0.2, 0) is 42.9 Å². The molecule has 0 radical (unpaired) electrons. The maximum absolute atomic E-state index is 11.4. The van der Waals surface area contributed by atoms with Gasteiger partial charge in [-0.1, -0.05) is 0 Å². The molecule has 1 aliphatic heterocycles. The number of hydrogen-bond donors (Lipinski definition) is 0. The second-order valence-corrected chi connectivity index (χ2v) is 5.04. The second-order valence-electron chi connectivity index (χ2n) is 5.04.